The molecular weight excluding hydrogens is 202 g/mol. The summed E-state index contributed by atoms with van der Waals surface area (Å²) in [5.74, 6) is 0. The van der Waals surface area contributed by atoms with E-state index in [4.69, 9.17) is 5.73 Å². The first-order valence-electron chi connectivity index (χ1n) is 5.10. The van der Waals surface area contributed by atoms with E-state index < -0.39 is 0 Å². The Balaban J connectivity index is 2.07. The minimum absolute atomic E-state index is 0.111. The molecule has 0 saturated carbocycles. The largest absolute Gasteiger partial charge is 0.324 e. The molecule has 1 aromatic carbocycles. The number of hydrogen-bond donors (Lipinski definition) is 1. The van der Waals surface area contributed by atoms with E-state index in [9.17, 15) is 0 Å². The second-order valence-corrected chi connectivity index (χ2v) is 4.90. The van der Waals surface area contributed by atoms with Crippen LogP contribution in [0.15, 0.2) is 41.8 Å². The second-order valence-electron chi connectivity index (χ2n) is 3.79. The molecule has 0 aliphatic rings. The maximum atomic E-state index is 6.14. The molecule has 2 N–H and O–H groups in total. The molecule has 0 fully saturated rings. The summed E-state index contributed by atoms with van der Waals surface area (Å²) in [6.45, 7) is 2.13. The van der Waals surface area contributed by atoms with Crippen LogP contribution in [0.1, 0.15) is 22.0 Å². The van der Waals surface area contributed by atoms with Crippen LogP contribution >= 0.6 is 11.3 Å². The minimum atomic E-state index is 0.111. The Morgan fingerprint density at radius 3 is 2.60 bits per heavy atom. The highest BCUT2D eigenvalue weighted by Gasteiger charge is 2.07. The zero-order valence-corrected chi connectivity index (χ0v) is 9.63. The normalized spacial score (nSPS) is 12.7. The zero-order valence-electron chi connectivity index (χ0n) is 8.81. The number of benzene rings is 1. The van der Waals surface area contributed by atoms with E-state index in [1.54, 1.807) is 11.3 Å². The number of thiophene rings is 1. The van der Waals surface area contributed by atoms with Crippen LogP contribution in [-0.4, -0.2) is 0 Å². The molecule has 2 aromatic rings. The molecule has 0 aliphatic heterocycles. The molecule has 0 spiro atoms. The van der Waals surface area contributed by atoms with Gasteiger partial charge in [-0.1, -0.05) is 30.3 Å². The van der Waals surface area contributed by atoms with Gasteiger partial charge in [0.2, 0.25) is 0 Å². The first-order chi connectivity index (χ1) is 7.25. The van der Waals surface area contributed by atoms with Crippen molar-refractivity contribution in [3.8, 4) is 0 Å². The lowest BCUT2D eigenvalue weighted by molar-refractivity contribution is 0.723. The van der Waals surface area contributed by atoms with Gasteiger partial charge in [0.25, 0.3) is 0 Å². The quantitative estimate of drug-likeness (QED) is 0.838. The van der Waals surface area contributed by atoms with Crippen molar-refractivity contribution in [3.63, 3.8) is 0 Å². The smallest absolute Gasteiger partial charge is 0.0336 e. The Hall–Kier alpha value is -1.12. The number of nitrogens with two attached hydrogens (primary N) is 1. The predicted octanol–water partition coefficient (Wildman–Crippen LogP) is 3.30. The Morgan fingerprint density at radius 2 is 2.00 bits per heavy atom. The first-order valence-corrected chi connectivity index (χ1v) is 5.98. The number of hydrogen-bond acceptors (Lipinski definition) is 2. The summed E-state index contributed by atoms with van der Waals surface area (Å²) in [7, 11) is 0. The Bertz CT molecular complexity index is 419. The van der Waals surface area contributed by atoms with Crippen molar-refractivity contribution in [2.24, 2.45) is 5.73 Å². The van der Waals surface area contributed by atoms with E-state index in [1.807, 2.05) is 18.2 Å². The van der Waals surface area contributed by atoms with Crippen LogP contribution in [-0.2, 0) is 6.42 Å². The van der Waals surface area contributed by atoms with E-state index in [-0.39, 0.29) is 6.04 Å². The number of aryl methyl sites for hydroxylation is 1. The Kier molecular flexibility index (Phi) is 3.19. The summed E-state index contributed by atoms with van der Waals surface area (Å²) >= 11 is 1.79. The Labute approximate surface area is 94.6 Å². The van der Waals surface area contributed by atoms with Crippen LogP contribution in [0.25, 0.3) is 0 Å². The number of rotatable bonds is 3. The molecule has 0 saturated heterocycles. The van der Waals surface area contributed by atoms with E-state index in [1.165, 1.54) is 16.0 Å². The molecule has 0 amide bonds. The minimum Gasteiger partial charge on any atom is -0.324 e. The molecule has 1 heterocycles. The van der Waals surface area contributed by atoms with Gasteiger partial charge in [-0.05, 0) is 35.9 Å². The molecule has 1 nitrogen and oxygen atoms in total. The summed E-state index contributed by atoms with van der Waals surface area (Å²) < 4.78 is 0. The summed E-state index contributed by atoms with van der Waals surface area (Å²) in [6, 6.07) is 12.6. The topological polar surface area (TPSA) is 26.0 Å². The second kappa shape index (κ2) is 4.60. The molecule has 1 unspecified atom stereocenters. The van der Waals surface area contributed by atoms with E-state index >= 15 is 0 Å². The van der Waals surface area contributed by atoms with Crippen molar-refractivity contribution >= 4 is 11.3 Å². The van der Waals surface area contributed by atoms with Crippen LogP contribution in [0.3, 0.4) is 0 Å². The molecule has 0 aliphatic carbocycles. The fourth-order valence-corrected chi connectivity index (χ4v) is 2.40. The third-order valence-electron chi connectivity index (χ3n) is 2.47. The zero-order chi connectivity index (χ0) is 10.7. The monoisotopic (exact) mass is 217 g/mol. The van der Waals surface area contributed by atoms with Gasteiger partial charge in [-0.25, -0.2) is 0 Å². The van der Waals surface area contributed by atoms with Crippen molar-refractivity contribution in [2.75, 3.05) is 0 Å². The highest BCUT2D eigenvalue weighted by Crippen LogP contribution is 2.19. The molecule has 1 atom stereocenters. The average Bonchev–Trinajstić information content (AvgIpc) is 2.65. The summed E-state index contributed by atoms with van der Waals surface area (Å²) in [5.41, 5.74) is 8.69. The fraction of sp³-hybridized carbons (Fsp3) is 0.231. The van der Waals surface area contributed by atoms with E-state index in [0.717, 1.165) is 6.42 Å². The van der Waals surface area contributed by atoms with Gasteiger partial charge in [-0.3, -0.25) is 0 Å². The maximum Gasteiger partial charge on any atom is 0.0336 e. The highest BCUT2D eigenvalue weighted by atomic mass is 32.1. The molecule has 15 heavy (non-hydrogen) atoms. The highest BCUT2D eigenvalue weighted by molar-refractivity contribution is 7.10. The molecule has 0 radical (unpaired) electrons. The van der Waals surface area contributed by atoms with Gasteiger partial charge in [0.1, 0.15) is 0 Å². The molecule has 2 rings (SSSR count). The molecule has 78 valence electrons. The van der Waals surface area contributed by atoms with Gasteiger partial charge in [0, 0.05) is 10.9 Å². The van der Waals surface area contributed by atoms with Crippen molar-refractivity contribution in [1.29, 1.82) is 0 Å². The standard InChI is InChI=1S/C13H15NS/c1-10-7-11(9-15-10)8-13(14)12-5-3-2-4-6-12/h2-7,9,13H,8,14H2,1H3. The van der Waals surface area contributed by atoms with Crippen LogP contribution in [0, 0.1) is 6.92 Å². The SMILES string of the molecule is Cc1cc(CC(N)c2ccccc2)cs1. The average molecular weight is 217 g/mol. The van der Waals surface area contributed by atoms with Crippen molar-refractivity contribution < 1.29 is 0 Å². The third-order valence-corrected chi connectivity index (χ3v) is 3.38. The van der Waals surface area contributed by atoms with Gasteiger partial charge < -0.3 is 5.73 Å². The van der Waals surface area contributed by atoms with Gasteiger partial charge in [-0.2, -0.15) is 0 Å². The molecule has 2 heteroatoms. The van der Waals surface area contributed by atoms with Gasteiger partial charge >= 0.3 is 0 Å². The van der Waals surface area contributed by atoms with Crippen molar-refractivity contribution in [2.45, 2.75) is 19.4 Å². The van der Waals surface area contributed by atoms with Crippen LogP contribution in [0.5, 0.6) is 0 Å². The molecule has 1 aromatic heterocycles. The van der Waals surface area contributed by atoms with Crippen molar-refractivity contribution in [3.05, 3.63) is 57.8 Å². The van der Waals surface area contributed by atoms with Crippen LogP contribution in [0.2, 0.25) is 0 Å². The lowest BCUT2D eigenvalue weighted by Gasteiger charge is -2.10. The molecular formula is C13H15NS. The lowest BCUT2D eigenvalue weighted by Crippen LogP contribution is -2.12. The summed E-state index contributed by atoms with van der Waals surface area (Å²) in [4.78, 5) is 1.35. The van der Waals surface area contributed by atoms with Gasteiger partial charge in [-0.15, -0.1) is 11.3 Å². The van der Waals surface area contributed by atoms with Gasteiger partial charge in [0.05, 0.1) is 0 Å². The predicted molar refractivity (Wildman–Crippen MR) is 66.1 cm³/mol. The third kappa shape index (κ3) is 2.67. The first kappa shape index (κ1) is 10.4. The van der Waals surface area contributed by atoms with E-state index in [2.05, 4.69) is 30.5 Å². The van der Waals surface area contributed by atoms with Gasteiger partial charge in [0.15, 0.2) is 0 Å². The molecule has 0 bridgehead atoms. The van der Waals surface area contributed by atoms with Crippen LogP contribution < -0.4 is 5.73 Å². The Morgan fingerprint density at radius 1 is 1.27 bits per heavy atom. The fourth-order valence-electron chi connectivity index (χ4n) is 1.68. The van der Waals surface area contributed by atoms with E-state index in [0.29, 0.717) is 0 Å². The van der Waals surface area contributed by atoms with Crippen LogP contribution in [0.4, 0.5) is 0 Å². The summed E-state index contributed by atoms with van der Waals surface area (Å²) in [6.07, 6.45) is 0.925. The maximum absolute atomic E-state index is 6.14. The summed E-state index contributed by atoms with van der Waals surface area (Å²) in [5, 5.41) is 2.19. The van der Waals surface area contributed by atoms with Crippen molar-refractivity contribution in [1.82, 2.24) is 0 Å². The lowest BCUT2D eigenvalue weighted by atomic mass is 10.0.